The third-order valence-corrected chi connectivity index (χ3v) is 4.37. The molecule has 1 saturated heterocycles. The van der Waals surface area contributed by atoms with E-state index in [9.17, 15) is 0 Å². The van der Waals surface area contributed by atoms with Gasteiger partial charge >= 0.3 is 0 Å². The van der Waals surface area contributed by atoms with Crippen molar-refractivity contribution in [3.63, 3.8) is 0 Å². The minimum Gasteiger partial charge on any atom is -0.314 e. The number of rotatable bonds is 4. The van der Waals surface area contributed by atoms with Gasteiger partial charge in [-0.1, -0.05) is 54.6 Å². The van der Waals surface area contributed by atoms with Gasteiger partial charge in [-0.25, -0.2) is 0 Å². The molecule has 2 aromatic rings. The van der Waals surface area contributed by atoms with E-state index in [0.717, 1.165) is 19.5 Å². The van der Waals surface area contributed by atoms with Crippen molar-refractivity contribution in [2.45, 2.75) is 19.4 Å². The van der Waals surface area contributed by atoms with Gasteiger partial charge in [0.05, 0.1) is 0 Å². The molecule has 2 nitrogen and oxygen atoms in total. The average Bonchev–Trinajstić information content (AvgIpc) is 2.57. The first kappa shape index (κ1) is 14.3. The Hall–Kier alpha value is -1.64. The first-order valence-electron chi connectivity index (χ1n) is 7.92. The maximum absolute atomic E-state index is 3.42. The molecular formula is C19H24N2. The highest BCUT2D eigenvalue weighted by molar-refractivity contribution is 5.63. The number of hydrogen-bond acceptors (Lipinski definition) is 2. The fourth-order valence-corrected chi connectivity index (χ4v) is 3.06. The van der Waals surface area contributed by atoms with Crippen LogP contribution < -0.4 is 5.32 Å². The van der Waals surface area contributed by atoms with Crippen LogP contribution in [0.25, 0.3) is 11.1 Å². The maximum Gasteiger partial charge on any atom is 0.0110 e. The van der Waals surface area contributed by atoms with Gasteiger partial charge in [-0.15, -0.1) is 0 Å². The molecule has 0 saturated carbocycles. The first-order chi connectivity index (χ1) is 10.3. The van der Waals surface area contributed by atoms with Crippen molar-refractivity contribution < 1.29 is 0 Å². The monoisotopic (exact) mass is 280 g/mol. The summed E-state index contributed by atoms with van der Waals surface area (Å²) in [4.78, 5) is 2.58. The van der Waals surface area contributed by atoms with Crippen LogP contribution in [-0.4, -0.2) is 37.1 Å². The van der Waals surface area contributed by atoms with E-state index < -0.39 is 0 Å². The summed E-state index contributed by atoms with van der Waals surface area (Å²) in [5, 5.41) is 3.42. The van der Waals surface area contributed by atoms with Gasteiger partial charge in [0.1, 0.15) is 0 Å². The number of hydrogen-bond donors (Lipinski definition) is 1. The van der Waals surface area contributed by atoms with Gasteiger partial charge < -0.3 is 5.32 Å². The number of nitrogens with zero attached hydrogens (tertiary/aromatic N) is 1. The Labute approximate surface area is 127 Å². The van der Waals surface area contributed by atoms with Gasteiger partial charge in [-0.2, -0.15) is 0 Å². The second kappa shape index (κ2) is 6.88. The summed E-state index contributed by atoms with van der Waals surface area (Å²) in [5.41, 5.74) is 4.02. The van der Waals surface area contributed by atoms with Crippen LogP contribution in [0.3, 0.4) is 0 Å². The van der Waals surface area contributed by atoms with Crippen molar-refractivity contribution >= 4 is 0 Å². The van der Waals surface area contributed by atoms with E-state index in [1.807, 2.05) is 0 Å². The molecular weight excluding hydrogens is 256 g/mol. The Morgan fingerprint density at radius 1 is 0.905 bits per heavy atom. The molecule has 1 fully saturated rings. The molecule has 1 aliphatic rings. The van der Waals surface area contributed by atoms with Crippen LogP contribution in [0.5, 0.6) is 0 Å². The van der Waals surface area contributed by atoms with E-state index in [1.54, 1.807) is 0 Å². The van der Waals surface area contributed by atoms with E-state index in [2.05, 4.69) is 71.7 Å². The zero-order chi connectivity index (χ0) is 14.5. The Balaban J connectivity index is 1.64. The van der Waals surface area contributed by atoms with Crippen LogP contribution in [0.1, 0.15) is 12.5 Å². The molecule has 2 aromatic carbocycles. The lowest BCUT2D eigenvalue weighted by Gasteiger charge is -2.32. The molecule has 0 amide bonds. The molecule has 1 heterocycles. The zero-order valence-corrected chi connectivity index (χ0v) is 12.8. The molecule has 1 atom stereocenters. The fraction of sp³-hybridized carbons (Fsp3) is 0.368. The molecule has 0 aromatic heterocycles. The summed E-state index contributed by atoms with van der Waals surface area (Å²) in [6.45, 7) is 6.93. The summed E-state index contributed by atoms with van der Waals surface area (Å²) < 4.78 is 0. The topological polar surface area (TPSA) is 15.3 Å². The van der Waals surface area contributed by atoms with Crippen molar-refractivity contribution in [1.29, 1.82) is 0 Å². The highest BCUT2D eigenvalue weighted by atomic mass is 15.2. The molecule has 1 N–H and O–H groups in total. The number of benzene rings is 2. The lowest BCUT2D eigenvalue weighted by Crippen LogP contribution is -2.48. The van der Waals surface area contributed by atoms with Crippen LogP contribution in [-0.2, 0) is 6.42 Å². The summed E-state index contributed by atoms with van der Waals surface area (Å²) in [6, 6.07) is 20.2. The van der Waals surface area contributed by atoms with Crippen molar-refractivity contribution in [1.82, 2.24) is 10.2 Å². The van der Waals surface area contributed by atoms with Gasteiger partial charge in [-0.05, 0) is 30.0 Å². The molecule has 3 rings (SSSR count). The Kier molecular flexibility index (Phi) is 4.69. The Morgan fingerprint density at radius 2 is 1.52 bits per heavy atom. The molecule has 2 heteroatoms. The fourth-order valence-electron chi connectivity index (χ4n) is 3.06. The molecule has 0 radical (unpaired) electrons. The van der Waals surface area contributed by atoms with Crippen LogP contribution in [0, 0.1) is 0 Å². The van der Waals surface area contributed by atoms with Crippen molar-refractivity contribution in [2.24, 2.45) is 0 Å². The van der Waals surface area contributed by atoms with E-state index in [1.165, 1.54) is 29.8 Å². The van der Waals surface area contributed by atoms with Gasteiger partial charge in [0.15, 0.2) is 0 Å². The van der Waals surface area contributed by atoms with E-state index in [4.69, 9.17) is 0 Å². The van der Waals surface area contributed by atoms with Gasteiger partial charge in [0, 0.05) is 32.2 Å². The normalized spacial score (nSPS) is 17.6. The SMILES string of the molecule is CC(Cc1ccc(-c2ccccc2)cc1)N1CCNCC1. The predicted molar refractivity (Wildman–Crippen MR) is 89.5 cm³/mol. The number of piperazine rings is 1. The molecule has 21 heavy (non-hydrogen) atoms. The van der Waals surface area contributed by atoms with Crippen molar-refractivity contribution in [3.8, 4) is 11.1 Å². The van der Waals surface area contributed by atoms with E-state index in [-0.39, 0.29) is 0 Å². The van der Waals surface area contributed by atoms with E-state index in [0.29, 0.717) is 6.04 Å². The predicted octanol–water partition coefficient (Wildman–Crippen LogP) is 3.19. The summed E-state index contributed by atoms with van der Waals surface area (Å²) in [5.74, 6) is 0. The highest BCUT2D eigenvalue weighted by Crippen LogP contribution is 2.20. The Morgan fingerprint density at radius 3 is 2.19 bits per heavy atom. The van der Waals surface area contributed by atoms with Crippen LogP contribution in [0.15, 0.2) is 54.6 Å². The minimum absolute atomic E-state index is 0.620. The number of nitrogens with one attached hydrogen (secondary N) is 1. The smallest absolute Gasteiger partial charge is 0.0110 e. The van der Waals surface area contributed by atoms with Gasteiger partial charge in [0.2, 0.25) is 0 Å². The molecule has 110 valence electrons. The average molecular weight is 280 g/mol. The summed E-state index contributed by atoms with van der Waals surface area (Å²) in [6.07, 6.45) is 1.13. The largest absolute Gasteiger partial charge is 0.314 e. The second-order valence-electron chi connectivity index (χ2n) is 5.90. The molecule has 0 spiro atoms. The first-order valence-corrected chi connectivity index (χ1v) is 7.92. The quantitative estimate of drug-likeness (QED) is 0.925. The van der Waals surface area contributed by atoms with Crippen molar-refractivity contribution in [3.05, 3.63) is 60.2 Å². The maximum atomic E-state index is 3.42. The van der Waals surface area contributed by atoms with E-state index >= 15 is 0 Å². The lowest BCUT2D eigenvalue weighted by atomic mass is 10.0. The summed E-state index contributed by atoms with van der Waals surface area (Å²) >= 11 is 0. The standard InChI is InChI=1S/C19H24N2/c1-16(21-13-11-20-12-14-21)15-17-7-9-19(10-8-17)18-5-3-2-4-6-18/h2-10,16,20H,11-15H2,1H3. The lowest BCUT2D eigenvalue weighted by molar-refractivity contribution is 0.183. The van der Waals surface area contributed by atoms with Crippen molar-refractivity contribution in [2.75, 3.05) is 26.2 Å². The van der Waals surface area contributed by atoms with Gasteiger partial charge in [-0.3, -0.25) is 4.90 Å². The second-order valence-corrected chi connectivity index (χ2v) is 5.90. The summed E-state index contributed by atoms with van der Waals surface area (Å²) in [7, 11) is 0. The van der Waals surface area contributed by atoms with Crippen LogP contribution in [0.4, 0.5) is 0 Å². The minimum atomic E-state index is 0.620. The van der Waals surface area contributed by atoms with Crippen LogP contribution in [0.2, 0.25) is 0 Å². The van der Waals surface area contributed by atoms with Gasteiger partial charge in [0.25, 0.3) is 0 Å². The highest BCUT2D eigenvalue weighted by Gasteiger charge is 2.16. The Bertz CT molecular complexity index is 542. The third-order valence-electron chi connectivity index (χ3n) is 4.37. The molecule has 0 bridgehead atoms. The third kappa shape index (κ3) is 3.72. The molecule has 1 unspecified atom stereocenters. The zero-order valence-electron chi connectivity index (χ0n) is 12.8. The molecule has 0 aliphatic carbocycles. The van der Waals surface area contributed by atoms with Crippen LogP contribution >= 0.6 is 0 Å². The molecule has 1 aliphatic heterocycles.